The molecule has 2 heterocycles. The molecule has 0 saturated heterocycles. The molecule has 0 amide bonds. The average Bonchev–Trinajstić information content (AvgIpc) is 2.69. The summed E-state index contributed by atoms with van der Waals surface area (Å²) in [7, 11) is 0. The fraction of sp³-hybridized carbons (Fsp3) is 0.190. The number of nitrogens with one attached hydrogen (secondary N) is 1. The van der Waals surface area contributed by atoms with Crippen molar-refractivity contribution in [3.63, 3.8) is 0 Å². The van der Waals surface area contributed by atoms with Crippen LogP contribution < -0.4 is 10.1 Å². The Kier molecular flexibility index (Phi) is 5.00. The van der Waals surface area contributed by atoms with Crippen molar-refractivity contribution in [3.05, 3.63) is 54.0 Å². The molecule has 142 valence electrons. The van der Waals surface area contributed by atoms with Crippen LogP contribution >= 0.6 is 12.6 Å². The van der Waals surface area contributed by atoms with Gasteiger partial charge in [-0.3, -0.25) is 4.98 Å². The SMILES string of the molecule is CCNc1nc(OCS)nc2c(F)c(-c3cccc4cccc(C)c34)ncc12. The number of aromatic nitrogens is 3. The van der Waals surface area contributed by atoms with E-state index >= 15 is 4.39 Å². The van der Waals surface area contributed by atoms with Crippen molar-refractivity contribution in [2.75, 3.05) is 17.8 Å². The third kappa shape index (κ3) is 3.11. The van der Waals surface area contributed by atoms with Crippen LogP contribution in [-0.4, -0.2) is 27.4 Å². The van der Waals surface area contributed by atoms with E-state index in [1.54, 1.807) is 6.20 Å². The summed E-state index contributed by atoms with van der Waals surface area (Å²) in [5, 5.41) is 5.63. The molecule has 4 rings (SSSR count). The molecule has 0 spiro atoms. The Morgan fingerprint density at radius 1 is 1.14 bits per heavy atom. The van der Waals surface area contributed by atoms with Gasteiger partial charge in [0.05, 0.1) is 5.39 Å². The van der Waals surface area contributed by atoms with Crippen LogP contribution in [0.15, 0.2) is 42.6 Å². The first-order valence-corrected chi connectivity index (χ1v) is 9.59. The molecule has 2 aromatic heterocycles. The maximum atomic E-state index is 15.6. The van der Waals surface area contributed by atoms with Gasteiger partial charge >= 0.3 is 6.01 Å². The van der Waals surface area contributed by atoms with Crippen LogP contribution in [0.3, 0.4) is 0 Å². The number of rotatable bonds is 5. The molecule has 0 aliphatic rings. The zero-order chi connectivity index (χ0) is 19.7. The lowest BCUT2D eigenvalue weighted by molar-refractivity contribution is 0.363. The van der Waals surface area contributed by atoms with Gasteiger partial charge in [0.1, 0.15) is 23.0 Å². The summed E-state index contributed by atoms with van der Waals surface area (Å²) in [5.41, 5.74) is 2.21. The second-order valence-electron chi connectivity index (χ2n) is 6.32. The van der Waals surface area contributed by atoms with Crippen LogP contribution in [0.4, 0.5) is 10.2 Å². The Balaban J connectivity index is 2.01. The minimum absolute atomic E-state index is 0.0728. The van der Waals surface area contributed by atoms with Gasteiger partial charge < -0.3 is 10.1 Å². The topological polar surface area (TPSA) is 59.9 Å². The van der Waals surface area contributed by atoms with Gasteiger partial charge in [-0.25, -0.2) is 4.39 Å². The minimum Gasteiger partial charge on any atom is -0.453 e. The molecule has 0 aliphatic heterocycles. The summed E-state index contributed by atoms with van der Waals surface area (Å²) in [4.78, 5) is 13.0. The molecule has 0 radical (unpaired) electrons. The maximum absolute atomic E-state index is 15.6. The summed E-state index contributed by atoms with van der Waals surface area (Å²) in [6, 6.07) is 11.9. The van der Waals surface area contributed by atoms with Crippen LogP contribution in [0, 0.1) is 12.7 Å². The summed E-state index contributed by atoms with van der Waals surface area (Å²) >= 11 is 4.04. The number of hydrogen-bond donors (Lipinski definition) is 2. The fourth-order valence-corrected chi connectivity index (χ4v) is 3.49. The molecule has 28 heavy (non-hydrogen) atoms. The maximum Gasteiger partial charge on any atom is 0.319 e. The number of anilines is 1. The lowest BCUT2D eigenvalue weighted by atomic mass is 9.97. The van der Waals surface area contributed by atoms with Crippen molar-refractivity contribution in [3.8, 4) is 17.3 Å². The van der Waals surface area contributed by atoms with E-state index in [1.807, 2.05) is 50.2 Å². The van der Waals surface area contributed by atoms with Crippen LogP contribution in [0.1, 0.15) is 12.5 Å². The third-order valence-corrected chi connectivity index (χ3v) is 4.70. The normalized spacial score (nSPS) is 11.1. The molecule has 1 N–H and O–H groups in total. The standard InChI is InChI=1S/C21H19FN4OS/c1-3-23-20-15-10-24-18(17(22)19(15)25-21(26-20)27-11-28)14-9-5-8-13-7-4-6-12(2)16(13)14/h4-10,28H,3,11H2,1-2H3,(H,23,25,26). The number of aryl methyl sites for hydroxylation is 1. The lowest BCUT2D eigenvalue weighted by Gasteiger charge is -2.13. The van der Waals surface area contributed by atoms with Crippen molar-refractivity contribution < 1.29 is 9.13 Å². The molecule has 0 bridgehead atoms. The fourth-order valence-electron chi connectivity index (χ4n) is 3.37. The van der Waals surface area contributed by atoms with E-state index in [1.165, 1.54) is 0 Å². The highest BCUT2D eigenvalue weighted by atomic mass is 32.1. The van der Waals surface area contributed by atoms with Crippen molar-refractivity contribution >= 4 is 40.1 Å². The number of fused-ring (bicyclic) bond motifs is 2. The first-order valence-electron chi connectivity index (χ1n) is 8.96. The molecule has 0 saturated carbocycles. The van der Waals surface area contributed by atoms with E-state index in [4.69, 9.17) is 4.74 Å². The molecule has 0 atom stereocenters. The second kappa shape index (κ2) is 7.59. The van der Waals surface area contributed by atoms with E-state index < -0.39 is 5.82 Å². The highest BCUT2D eigenvalue weighted by Gasteiger charge is 2.19. The molecular weight excluding hydrogens is 375 g/mol. The number of nitrogens with zero attached hydrogens (tertiary/aromatic N) is 3. The molecule has 0 aliphatic carbocycles. The Morgan fingerprint density at radius 3 is 2.68 bits per heavy atom. The first kappa shape index (κ1) is 18.4. The molecule has 0 unspecified atom stereocenters. The predicted octanol–water partition coefficient (Wildman–Crippen LogP) is 4.99. The number of ether oxygens (including phenoxy) is 1. The van der Waals surface area contributed by atoms with Crippen LogP contribution in [0.5, 0.6) is 6.01 Å². The number of pyridine rings is 1. The Hall–Kier alpha value is -2.93. The van der Waals surface area contributed by atoms with Gasteiger partial charge in [-0.15, -0.1) is 12.6 Å². The monoisotopic (exact) mass is 394 g/mol. The predicted molar refractivity (Wildman–Crippen MR) is 114 cm³/mol. The average molecular weight is 394 g/mol. The molecule has 4 aromatic rings. The summed E-state index contributed by atoms with van der Waals surface area (Å²) in [6.45, 7) is 4.57. The van der Waals surface area contributed by atoms with Crippen LogP contribution in [-0.2, 0) is 0 Å². The second-order valence-corrected chi connectivity index (χ2v) is 6.58. The number of thiol groups is 1. The third-order valence-electron chi connectivity index (χ3n) is 4.57. The first-order chi connectivity index (χ1) is 13.6. The summed E-state index contributed by atoms with van der Waals surface area (Å²) in [5.74, 6) is 0.0780. The van der Waals surface area contributed by atoms with Crippen molar-refractivity contribution in [1.29, 1.82) is 0 Å². The zero-order valence-electron chi connectivity index (χ0n) is 15.5. The highest BCUT2D eigenvalue weighted by Crippen LogP contribution is 2.34. The smallest absolute Gasteiger partial charge is 0.319 e. The summed E-state index contributed by atoms with van der Waals surface area (Å²) < 4.78 is 20.9. The van der Waals surface area contributed by atoms with Crippen LogP contribution in [0.2, 0.25) is 0 Å². The van der Waals surface area contributed by atoms with Crippen LogP contribution in [0.25, 0.3) is 32.9 Å². The Morgan fingerprint density at radius 2 is 1.93 bits per heavy atom. The Bertz CT molecular complexity index is 1180. The van der Waals surface area contributed by atoms with Gasteiger partial charge in [0, 0.05) is 18.3 Å². The van der Waals surface area contributed by atoms with E-state index in [9.17, 15) is 0 Å². The largest absolute Gasteiger partial charge is 0.453 e. The lowest BCUT2D eigenvalue weighted by Crippen LogP contribution is -2.06. The summed E-state index contributed by atoms with van der Waals surface area (Å²) in [6.07, 6.45) is 1.60. The van der Waals surface area contributed by atoms with Crippen molar-refractivity contribution in [1.82, 2.24) is 15.0 Å². The van der Waals surface area contributed by atoms with Gasteiger partial charge in [0.15, 0.2) is 5.82 Å². The van der Waals surface area contributed by atoms with Gasteiger partial charge in [-0.1, -0.05) is 36.4 Å². The molecule has 5 nitrogen and oxygen atoms in total. The Labute approximate surface area is 167 Å². The van der Waals surface area contributed by atoms with Crippen molar-refractivity contribution in [2.24, 2.45) is 0 Å². The molecule has 2 aromatic carbocycles. The zero-order valence-corrected chi connectivity index (χ0v) is 16.4. The van der Waals surface area contributed by atoms with Gasteiger partial charge in [-0.05, 0) is 30.2 Å². The van der Waals surface area contributed by atoms with Gasteiger partial charge in [0.2, 0.25) is 0 Å². The van der Waals surface area contributed by atoms with E-state index in [2.05, 4.69) is 32.9 Å². The highest BCUT2D eigenvalue weighted by molar-refractivity contribution is 7.80. The number of hydrogen-bond acceptors (Lipinski definition) is 6. The van der Waals surface area contributed by atoms with Gasteiger partial charge in [0.25, 0.3) is 0 Å². The molecule has 0 fully saturated rings. The van der Waals surface area contributed by atoms with Gasteiger partial charge in [-0.2, -0.15) is 9.97 Å². The number of halogens is 1. The van der Waals surface area contributed by atoms with E-state index in [0.717, 1.165) is 21.9 Å². The van der Waals surface area contributed by atoms with E-state index in [-0.39, 0.29) is 23.2 Å². The number of benzene rings is 2. The van der Waals surface area contributed by atoms with Crippen molar-refractivity contribution in [2.45, 2.75) is 13.8 Å². The minimum atomic E-state index is -0.501. The molecular formula is C21H19FN4OS. The molecule has 7 heteroatoms. The van der Waals surface area contributed by atoms with E-state index in [0.29, 0.717) is 17.7 Å². The quantitative estimate of drug-likeness (QED) is 0.369.